The van der Waals surface area contributed by atoms with Gasteiger partial charge in [0.15, 0.2) is 5.75 Å². The SMILES string of the molecule is CCC[C@@H](c1cc(OC)c(O)c([N+](=O)[O-])c1)N1CCNCC1. The predicted molar refractivity (Wildman–Crippen MR) is 83.4 cm³/mol. The van der Waals surface area contributed by atoms with Crippen LogP contribution >= 0.6 is 0 Å². The summed E-state index contributed by atoms with van der Waals surface area (Å²) in [7, 11) is 1.40. The maximum Gasteiger partial charge on any atom is 0.314 e. The van der Waals surface area contributed by atoms with Crippen LogP contribution in [0.25, 0.3) is 0 Å². The summed E-state index contributed by atoms with van der Waals surface area (Å²) < 4.78 is 5.11. The average Bonchev–Trinajstić information content (AvgIpc) is 2.53. The van der Waals surface area contributed by atoms with Crippen LogP contribution in [0, 0.1) is 10.1 Å². The lowest BCUT2D eigenvalue weighted by Crippen LogP contribution is -2.45. The van der Waals surface area contributed by atoms with Crippen LogP contribution < -0.4 is 10.1 Å². The number of phenols is 1. The quantitative estimate of drug-likeness (QED) is 0.618. The Morgan fingerprint density at radius 1 is 1.45 bits per heavy atom. The minimum Gasteiger partial charge on any atom is -0.500 e. The Labute approximate surface area is 130 Å². The van der Waals surface area contributed by atoms with Gasteiger partial charge in [-0.2, -0.15) is 0 Å². The van der Waals surface area contributed by atoms with E-state index < -0.39 is 10.7 Å². The smallest absolute Gasteiger partial charge is 0.314 e. The van der Waals surface area contributed by atoms with Gasteiger partial charge >= 0.3 is 5.69 Å². The molecule has 7 nitrogen and oxygen atoms in total. The Bertz CT molecular complexity index is 530. The molecule has 0 spiro atoms. The van der Waals surface area contributed by atoms with Crippen molar-refractivity contribution in [1.82, 2.24) is 10.2 Å². The Balaban J connectivity index is 2.41. The summed E-state index contributed by atoms with van der Waals surface area (Å²) >= 11 is 0. The van der Waals surface area contributed by atoms with E-state index in [1.54, 1.807) is 6.07 Å². The molecule has 2 N–H and O–H groups in total. The van der Waals surface area contributed by atoms with Gasteiger partial charge in [0.25, 0.3) is 0 Å². The van der Waals surface area contributed by atoms with Gasteiger partial charge in [0.1, 0.15) is 0 Å². The van der Waals surface area contributed by atoms with Crippen LogP contribution in [0.2, 0.25) is 0 Å². The highest BCUT2D eigenvalue weighted by Crippen LogP contribution is 2.40. The highest BCUT2D eigenvalue weighted by molar-refractivity contribution is 5.57. The molecule has 0 bridgehead atoms. The number of nitro benzene ring substituents is 1. The second-order valence-corrected chi connectivity index (χ2v) is 5.44. The van der Waals surface area contributed by atoms with Crippen LogP contribution in [-0.4, -0.2) is 48.2 Å². The molecule has 0 amide bonds. The molecule has 1 atom stereocenters. The number of phenolic OH excluding ortho intramolecular Hbond substituents is 1. The third-order valence-corrected chi connectivity index (χ3v) is 4.03. The van der Waals surface area contributed by atoms with Crippen LogP contribution in [0.5, 0.6) is 11.5 Å². The van der Waals surface area contributed by atoms with Crippen molar-refractivity contribution in [3.05, 3.63) is 27.8 Å². The molecule has 1 heterocycles. The second-order valence-electron chi connectivity index (χ2n) is 5.44. The van der Waals surface area contributed by atoms with E-state index in [2.05, 4.69) is 17.1 Å². The second kappa shape index (κ2) is 7.42. The molecule has 1 aromatic carbocycles. The summed E-state index contributed by atoms with van der Waals surface area (Å²) in [6.07, 6.45) is 1.89. The first-order chi connectivity index (χ1) is 10.6. The third-order valence-electron chi connectivity index (χ3n) is 4.03. The summed E-state index contributed by atoms with van der Waals surface area (Å²) in [5.74, 6) is -0.257. The summed E-state index contributed by atoms with van der Waals surface area (Å²) in [6.45, 7) is 5.74. The van der Waals surface area contributed by atoms with Gasteiger partial charge in [-0.05, 0) is 18.1 Å². The largest absolute Gasteiger partial charge is 0.500 e. The number of hydrogen-bond acceptors (Lipinski definition) is 6. The van der Waals surface area contributed by atoms with Crippen LogP contribution in [0.1, 0.15) is 31.4 Å². The molecular formula is C15H23N3O4. The number of nitrogens with zero attached hydrogens (tertiary/aromatic N) is 2. The fourth-order valence-electron chi connectivity index (χ4n) is 2.93. The van der Waals surface area contributed by atoms with E-state index in [4.69, 9.17) is 4.74 Å². The standard InChI is InChI=1S/C15H23N3O4/c1-3-4-12(17-7-5-16-6-8-17)11-9-13(18(20)21)15(19)14(10-11)22-2/h9-10,12,16,19H,3-8H2,1-2H3/t12-/m0/s1. The molecule has 0 aliphatic carbocycles. The number of methoxy groups -OCH3 is 1. The zero-order valence-corrected chi connectivity index (χ0v) is 13.0. The third kappa shape index (κ3) is 3.48. The highest BCUT2D eigenvalue weighted by Gasteiger charge is 2.27. The summed E-state index contributed by atoms with van der Waals surface area (Å²) in [5, 5.41) is 24.4. The Morgan fingerprint density at radius 3 is 2.68 bits per heavy atom. The molecular weight excluding hydrogens is 286 g/mol. The lowest BCUT2D eigenvalue weighted by Gasteiger charge is -2.35. The Hall–Kier alpha value is -1.86. The van der Waals surface area contributed by atoms with E-state index >= 15 is 0 Å². The number of aromatic hydroxyl groups is 1. The first kappa shape index (κ1) is 16.5. The Kier molecular flexibility index (Phi) is 5.57. The zero-order valence-electron chi connectivity index (χ0n) is 13.0. The summed E-state index contributed by atoms with van der Waals surface area (Å²) in [5.41, 5.74) is 0.524. The van der Waals surface area contributed by atoms with Gasteiger partial charge in [-0.15, -0.1) is 0 Å². The van der Waals surface area contributed by atoms with Gasteiger partial charge in [0, 0.05) is 38.3 Å². The monoisotopic (exact) mass is 309 g/mol. The molecule has 2 rings (SSSR count). The number of rotatable bonds is 6. The molecule has 1 saturated heterocycles. The number of hydrogen-bond donors (Lipinski definition) is 2. The van der Waals surface area contributed by atoms with Crippen molar-refractivity contribution >= 4 is 5.69 Å². The molecule has 1 aliphatic heterocycles. The van der Waals surface area contributed by atoms with E-state index in [1.165, 1.54) is 13.2 Å². The molecule has 1 aliphatic rings. The van der Waals surface area contributed by atoms with Gasteiger partial charge in [-0.25, -0.2) is 0 Å². The van der Waals surface area contributed by atoms with Crippen LogP contribution in [0.4, 0.5) is 5.69 Å². The van der Waals surface area contributed by atoms with E-state index in [9.17, 15) is 15.2 Å². The molecule has 0 aromatic heterocycles. The Morgan fingerprint density at radius 2 is 2.14 bits per heavy atom. The molecule has 122 valence electrons. The highest BCUT2D eigenvalue weighted by atomic mass is 16.6. The average molecular weight is 309 g/mol. The van der Waals surface area contributed by atoms with E-state index in [0.29, 0.717) is 0 Å². The van der Waals surface area contributed by atoms with Crippen molar-refractivity contribution in [1.29, 1.82) is 0 Å². The first-order valence-corrected chi connectivity index (χ1v) is 7.58. The maximum absolute atomic E-state index is 11.2. The number of nitrogens with one attached hydrogen (secondary N) is 1. The van der Waals surface area contributed by atoms with Crippen molar-refractivity contribution < 1.29 is 14.8 Å². The van der Waals surface area contributed by atoms with Crippen molar-refractivity contribution in [3.8, 4) is 11.5 Å². The van der Waals surface area contributed by atoms with Gasteiger partial charge in [0.2, 0.25) is 5.75 Å². The van der Waals surface area contributed by atoms with E-state index in [1.807, 2.05) is 0 Å². The predicted octanol–water partition coefficient (Wildman–Crippen LogP) is 2.06. The van der Waals surface area contributed by atoms with E-state index in [-0.39, 0.29) is 17.5 Å². The number of nitro groups is 1. The molecule has 0 unspecified atom stereocenters. The van der Waals surface area contributed by atoms with E-state index in [0.717, 1.165) is 44.6 Å². The van der Waals surface area contributed by atoms with Crippen LogP contribution in [-0.2, 0) is 0 Å². The number of benzene rings is 1. The fourth-order valence-corrected chi connectivity index (χ4v) is 2.93. The summed E-state index contributed by atoms with van der Waals surface area (Å²) in [6, 6.07) is 3.28. The van der Waals surface area contributed by atoms with Crippen molar-refractivity contribution in [2.45, 2.75) is 25.8 Å². The van der Waals surface area contributed by atoms with Gasteiger partial charge in [-0.1, -0.05) is 13.3 Å². The lowest BCUT2D eigenvalue weighted by molar-refractivity contribution is -0.386. The van der Waals surface area contributed by atoms with Gasteiger partial charge < -0.3 is 15.2 Å². The first-order valence-electron chi connectivity index (χ1n) is 7.58. The molecule has 0 radical (unpaired) electrons. The zero-order chi connectivity index (χ0) is 16.1. The maximum atomic E-state index is 11.2. The molecule has 22 heavy (non-hydrogen) atoms. The van der Waals surface area contributed by atoms with Crippen LogP contribution in [0.15, 0.2) is 12.1 Å². The lowest BCUT2D eigenvalue weighted by atomic mass is 9.98. The van der Waals surface area contributed by atoms with Crippen molar-refractivity contribution in [2.24, 2.45) is 0 Å². The van der Waals surface area contributed by atoms with Gasteiger partial charge in [0.05, 0.1) is 12.0 Å². The minimum absolute atomic E-state index is 0.0975. The molecule has 0 saturated carbocycles. The molecule has 7 heteroatoms. The minimum atomic E-state index is -0.567. The molecule has 1 fully saturated rings. The molecule has 1 aromatic rings. The van der Waals surface area contributed by atoms with Crippen molar-refractivity contribution in [2.75, 3.05) is 33.3 Å². The number of ether oxygens (including phenoxy) is 1. The fraction of sp³-hybridized carbons (Fsp3) is 0.600. The van der Waals surface area contributed by atoms with Gasteiger partial charge in [-0.3, -0.25) is 15.0 Å². The van der Waals surface area contributed by atoms with Crippen molar-refractivity contribution in [3.63, 3.8) is 0 Å². The number of piperazine rings is 1. The van der Waals surface area contributed by atoms with Crippen LogP contribution in [0.3, 0.4) is 0 Å². The summed E-state index contributed by atoms with van der Waals surface area (Å²) in [4.78, 5) is 12.9. The normalized spacial score (nSPS) is 17.2. The topological polar surface area (TPSA) is 87.9 Å².